The first-order valence-electron chi connectivity index (χ1n) is 7.54. The number of thiophene rings is 1. The van der Waals surface area contributed by atoms with Crippen molar-refractivity contribution < 1.29 is 0 Å². The van der Waals surface area contributed by atoms with Gasteiger partial charge in [-0.15, -0.1) is 0 Å². The molecule has 1 heterocycles. The van der Waals surface area contributed by atoms with Gasteiger partial charge in [0.25, 0.3) is 0 Å². The molecule has 3 aromatic rings. The Labute approximate surface area is 130 Å². The molecule has 2 aromatic carbocycles. The van der Waals surface area contributed by atoms with Gasteiger partial charge in [0, 0.05) is 0 Å². The molecule has 0 spiro atoms. The highest BCUT2D eigenvalue weighted by Gasteiger charge is 2.16. The zero-order valence-electron chi connectivity index (χ0n) is 12.6. The van der Waals surface area contributed by atoms with E-state index in [1.165, 1.54) is 27.5 Å². The minimum atomic E-state index is 0.292. The lowest BCUT2D eigenvalue weighted by atomic mass is 9.96. The molecule has 108 valence electrons. The molecule has 0 radical (unpaired) electrons. The lowest BCUT2D eigenvalue weighted by Crippen LogP contribution is -2.23. The minimum Gasteiger partial charge on any atom is -0.306 e. The number of benzene rings is 2. The largest absolute Gasteiger partial charge is 0.306 e. The van der Waals surface area contributed by atoms with E-state index in [1.807, 2.05) is 0 Å². The molecular weight excluding hydrogens is 274 g/mol. The zero-order valence-corrected chi connectivity index (χ0v) is 13.4. The van der Waals surface area contributed by atoms with Crippen LogP contribution in [0.5, 0.6) is 0 Å². The quantitative estimate of drug-likeness (QED) is 0.673. The van der Waals surface area contributed by atoms with E-state index in [4.69, 9.17) is 0 Å². The number of rotatable bonds is 5. The number of hydrogen-bond acceptors (Lipinski definition) is 2. The van der Waals surface area contributed by atoms with Crippen LogP contribution in [-0.4, -0.2) is 6.54 Å². The van der Waals surface area contributed by atoms with Crippen molar-refractivity contribution >= 4 is 22.1 Å². The van der Waals surface area contributed by atoms with Crippen LogP contribution in [0.3, 0.4) is 0 Å². The summed E-state index contributed by atoms with van der Waals surface area (Å²) in [7, 11) is 0. The van der Waals surface area contributed by atoms with Gasteiger partial charge in [-0.25, -0.2) is 0 Å². The highest BCUT2D eigenvalue weighted by Crippen LogP contribution is 2.29. The Morgan fingerprint density at radius 1 is 1.05 bits per heavy atom. The summed E-state index contributed by atoms with van der Waals surface area (Å²) in [4.78, 5) is 0. The van der Waals surface area contributed by atoms with Crippen molar-refractivity contribution in [3.05, 3.63) is 69.9 Å². The molecule has 0 aliphatic rings. The summed E-state index contributed by atoms with van der Waals surface area (Å²) in [6.07, 6.45) is 1.15. The van der Waals surface area contributed by atoms with Crippen molar-refractivity contribution in [2.45, 2.75) is 26.3 Å². The Bertz CT molecular complexity index is 729. The van der Waals surface area contributed by atoms with Crippen LogP contribution in [0.2, 0.25) is 0 Å². The molecule has 3 rings (SSSR count). The van der Waals surface area contributed by atoms with Crippen molar-refractivity contribution in [1.82, 2.24) is 5.32 Å². The second-order valence-corrected chi connectivity index (χ2v) is 6.25. The molecule has 21 heavy (non-hydrogen) atoms. The van der Waals surface area contributed by atoms with Crippen molar-refractivity contribution in [3.63, 3.8) is 0 Å². The van der Waals surface area contributed by atoms with Crippen LogP contribution in [0.1, 0.15) is 36.1 Å². The van der Waals surface area contributed by atoms with Gasteiger partial charge >= 0.3 is 0 Å². The molecule has 0 bridgehead atoms. The topological polar surface area (TPSA) is 12.0 Å². The molecular formula is C19H21NS. The van der Waals surface area contributed by atoms with Crippen LogP contribution in [0, 0.1) is 6.92 Å². The molecule has 1 nitrogen and oxygen atoms in total. The maximum Gasteiger partial charge on any atom is 0.0587 e. The molecule has 0 aliphatic carbocycles. The van der Waals surface area contributed by atoms with E-state index < -0.39 is 0 Å². The van der Waals surface area contributed by atoms with Crippen LogP contribution in [0.4, 0.5) is 0 Å². The summed E-state index contributed by atoms with van der Waals surface area (Å²) >= 11 is 1.79. The maximum absolute atomic E-state index is 3.70. The standard InChI is InChI=1S/C19H21NS/c1-3-10-20-19(18-13-21-12-14(18)2)17-9-8-15-6-4-5-7-16(15)11-17/h4-9,11-13,19-20H,3,10H2,1-2H3. The first-order valence-corrected chi connectivity index (χ1v) is 8.48. The van der Waals surface area contributed by atoms with Gasteiger partial charge in [-0.2, -0.15) is 11.3 Å². The van der Waals surface area contributed by atoms with Gasteiger partial charge in [0.15, 0.2) is 0 Å². The summed E-state index contributed by atoms with van der Waals surface area (Å²) in [5.41, 5.74) is 4.13. The first kappa shape index (κ1) is 14.3. The van der Waals surface area contributed by atoms with E-state index in [1.54, 1.807) is 11.3 Å². The van der Waals surface area contributed by atoms with Crippen molar-refractivity contribution in [2.24, 2.45) is 0 Å². The highest BCUT2D eigenvalue weighted by atomic mass is 32.1. The van der Waals surface area contributed by atoms with Crippen LogP contribution in [0.25, 0.3) is 10.8 Å². The molecule has 1 N–H and O–H groups in total. The molecule has 0 aliphatic heterocycles. The van der Waals surface area contributed by atoms with E-state index in [0.29, 0.717) is 6.04 Å². The first-order chi connectivity index (χ1) is 10.3. The Morgan fingerprint density at radius 2 is 1.86 bits per heavy atom. The maximum atomic E-state index is 3.70. The SMILES string of the molecule is CCCNC(c1ccc2ccccc2c1)c1cscc1C. The minimum absolute atomic E-state index is 0.292. The van der Waals surface area contributed by atoms with Crippen molar-refractivity contribution in [3.8, 4) is 0 Å². The fourth-order valence-corrected chi connectivity index (χ4v) is 3.63. The molecule has 2 heteroatoms. The van der Waals surface area contributed by atoms with Crippen LogP contribution < -0.4 is 5.32 Å². The Hall–Kier alpha value is -1.64. The number of fused-ring (bicyclic) bond motifs is 1. The smallest absolute Gasteiger partial charge is 0.0587 e. The summed E-state index contributed by atoms with van der Waals surface area (Å²) < 4.78 is 0. The van der Waals surface area contributed by atoms with Crippen LogP contribution in [-0.2, 0) is 0 Å². The third-order valence-electron chi connectivity index (χ3n) is 3.91. The molecule has 0 fully saturated rings. The lowest BCUT2D eigenvalue weighted by Gasteiger charge is -2.20. The lowest BCUT2D eigenvalue weighted by molar-refractivity contribution is 0.598. The van der Waals surface area contributed by atoms with Gasteiger partial charge in [-0.05, 0) is 64.2 Å². The van der Waals surface area contributed by atoms with Crippen molar-refractivity contribution in [1.29, 1.82) is 0 Å². The average molecular weight is 295 g/mol. The second kappa shape index (κ2) is 6.42. The molecule has 1 aromatic heterocycles. The molecule has 1 atom stereocenters. The number of hydrogen-bond donors (Lipinski definition) is 1. The average Bonchev–Trinajstić information content (AvgIpc) is 2.94. The summed E-state index contributed by atoms with van der Waals surface area (Å²) in [6, 6.07) is 15.7. The van der Waals surface area contributed by atoms with E-state index >= 15 is 0 Å². The monoisotopic (exact) mass is 295 g/mol. The Balaban J connectivity index is 2.03. The third kappa shape index (κ3) is 3.02. The predicted octanol–water partition coefficient (Wildman–Crippen LogP) is 5.30. The Morgan fingerprint density at radius 3 is 2.57 bits per heavy atom. The predicted molar refractivity (Wildman–Crippen MR) is 93.1 cm³/mol. The van der Waals surface area contributed by atoms with E-state index in [0.717, 1.165) is 13.0 Å². The van der Waals surface area contributed by atoms with Gasteiger partial charge in [0.05, 0.1) is 6.04 Å². The van der Waals surface area contributed by atoms with E-state index in [9.17, 15) is 0 Å². The zero-order chi connectivity index (χ0) is 14.7. The van der Waals surface area contributed by atoms with Gasteiger partial charge in [-0.3, -0.25) is 0 Å². The molecule has 0 amide bonds. The van der Waals surface area contributed by atoms with Gasteiger partial charge in [0.1, 0.15) is 0 Å². The molecule has 0 saturated carbocycles. The highest BCUT2D eigenvalue weighted by molar-refractivity contribution is 7.08. The van der Waals surface area contributed by atoms with E-state index in [2.05, 4.69) is 72.4 Å². The van der Waals surface area contributed by atoms with Crippen LogP contribution >= 0.6 is 11.3 Å². The van der Waals surface area contributed by atoms with Gasteiger partial charge in [0.2, 0.25) is 0 Å². The number of aryl methyl sites for hydroxylation is 1. The number of nitrogens with one attached hydrogen (secondary N) is 1. The second-order valence-electron chi connectivity index (χ2n) is 5.50. The Kier molecular flexibility index (Phi) is 4.37. The summed E-state index contributed by atoms with van der Waals surface area (Å²) in [6.45, 7) is 5.45. The third-order valence-corrected chi connectivity index (χ3v) is 4.79. The molecule has 1 unspecified atom stereocenters. The van der Waals surface area contributed by atoms with Gasteiger partial charge in [-0.1, -0.05) is 43.3 Å². The fourth-order valence-electron chi connectivity index (χ4n) is 2.75. The normalized spacial score (nSPS) is 12.7. The van der Waals surface area contributed by atoms with Crippen LogP contribution in [0.15, 0.2) is 53.2 Å². The summed E-state index contributed by atoms with van der Waals surface area (Å²) in [5, 5.41) is 10.8. The van der Waals surface area contributed by atoms with E-state index in [-0.39, 0.29) is 0 Å². The van der Waals surface area contributed by atoms with Crippen molar-refractivity contribution in [2.75, 3.05) is 6.54 Å². The fraction of sp³-hybridized carbons (Fsp3) is 0.263. The van der Waals surface area contributed by atoms with Gasteiger partial charge < -0.3 is 5.32 Å². The summed E-state index contributed by atoms with van der Waals surface area (Å²) in [5.74, 6) is 0. The molecule has 0 saturated heterocycles.